The lowest BCUT2D eigenvalue weighted by molar-refractivity contribution is 0.0726. The maximum atomic E-state index is 10.4. The molecule has 3 nitrogen and oxygen atoms in total. The van der Waals surface area contributed by atoms with Gasteiger partial charge in [0.15, 0.2) is 0 Å². The Morgan fingerprint density at radius 2 is 2.11 bits per heavy atom. The molecular weight excluding hydrogens is 224 g/mol. The van der Waals surface area contributed by atoms with E-state index in [1.165, 1.54) is 25.7 Å². The largest absolute Gasteiger partial charge is 0.388 e. The zero-order valence-electron chi connectivity index (χ0n) is 11.2. The predicted molar refractivity (Wildman–Crippen MR) is 74.0 cm³/mol. The average molecular weight is 248 g/mol. The molecule has 1 fully saturated rings. The van der Waals surface area contributed by atoms with Gasteiger partial charge in [-0.05, 0) is 30.7 Å². The molecule has 18 heavy (non-hydrogen) atoms. The molecule has 0 spiro atoms. The number of aromatic nitrogens is 1. The zero-order chi connectivity index (χ0) is 13.0. The van der Waals surface area contributed by atoms with E-state index in [9.17, 15) is 5.11 Å². The molecule has 1 aromatic heterocycles. The Kier molecular flexibility index (Phi) is 4.59. The smallest absolute Gasteiger partial charge is 0.129 e. The lowest BCUT2D eigenvalue weighted by atomic mass is 9.76. The highest BCUT2D eigenvalue weighted by molar-refractivity contribution is 5.40. The molecule has 1 saturated carbocycles. The standard InChI is InChI=1S/C15H24N2O/c1-2-4-11-6-8-12(9-7-11)14(18)13-5-3-10-17-15(13)16/h3,5,10-12,14,18H,2,4,6-9H2,1H3,(H2,16,17). The van der Waals surface area contributed by atoms with Gasteiger partial charge in [0, 0.05) is 11.8 Å². The van der Waals surface area contributed by atoms with Gasteiger partial charge in [0.1, 0.15) is 5.82 Å². The van der Waals surface area contributed by atoms with Crippen molar-refractivity contribution in [2.45, 2.75) is 51.6 Å². The Bertz CT molecular complexity index is 373. The van der Waals surface area contributed by atoms with Crippen molar-refractivity contribution in [3.8, 4) is 0 Å². The summed E-state index contributed by atoms with van der Waals surface area (Å²) in [6.07, 6.45) is 8.54. The molecule has 0 aliphatic heterocycles. The number of nitrogens with two attached hydrogens (primary N) is 1. The Morgan fingerprint density at radius 3 is 2.72 bits per heavy atom. The van der Waals surface area contributed by atoms with Gasteiger partial charge in [0.25, 0.3) is 0 Å². The van der Waals surface area contributed by atoms with Crippen molar-refractivity contribution in [1.29, 1.82) is 0 Å². The van der Waals surface area contributed by atoms with E-state index in [2.05, 4.69) is 11.9 Å². The number of nitrogens with zero attached hydrogens (tertiary/aromatic N) is 1. The van der Waals surface area contributed by atoms with Crippen molar-refractivity contribution >= 4 is 5.82 Å². The third-order valence-corrected chi connectivity index (χ3v) is 4.22. The maximum Gasteiger partial charge on any atom is 0.129 e. The summed E-state index contributed by atoms with van der Waals surface area (Å²) in [4.78, 5) is 4.06. The van der Waals surface area contributed by atoms with Gasteiger partial charge in [-0.25, -0.2) is 4.98 Å². The number of rotatable bonds is 4. The molecule has 100 valence electrons. The SMILES string of the molecule is CCCC1CCC(C(O)c2cccnc2N)CC1. The zero-order valence-corrected chi connectivity index (χ0v) is 11.2. The fraction of sp³-hybridized carbons (Fsp3) is 0.667. The van der Waals surface area contributed by atoms with E-state index in [0.29, 0.717) is 11.7 Å². The normalized spacial score (nSPS) is 25.9. The molecule has 2 rings (SSSR count). The first-order valence-corrected chi connectivity index (χ1v) is 7.10. The Labute approximate surface area is 109 Å². The van der Waals surface area contributed by atoms with Gasteiger partial charge in [-0.3, -0.25) is 0 Å². The predicted octanol–water partition coefficient (Wildman–Crippen LogP) is 3.30. The van der Waals surface area contributed by atoms with Crippen LogP contribution in [0.2, 0.25) is 0 Å². The van der Waals surface area contributed by atoms with Crippen molar-refractivity contribution in [2.75, 3.05) is 5.73 Å². The molecule has 3 N–H and O–H groups in total. The second-order valence-corrected chi connectivity index (χ2v) is 5.49. The van der Waals surface area contributed by atoms with Gasteiger partial charge in [-0.1, -0.05) is 38.7 Å². The third kappa shape index (κ3) is 3.02. The molecule has 0 radical (unpaired) electrons. The summed E-state index contributed by atoms with van der Waals surface area (Å²) < 4.78 is 0. The van der Waals surface area contributed by atoms with Crippen LogP contribution in [0.25, 0.3) is 0 Å². The number of anilines is 1. The summed E-state index contributed by atoms with van der Waals surface area (Å²) in [5, 5.41) is 10.4. The monoisotopic (exact) mass is 248 g/mol. The molecule has 1 aromatic rings. The Hall–Kier alpha value is -1.09. The van der Waals surface area contributed by atoms with Gasteiger partial charge in [0.2, 0.25) is 0 Å². The third-order valence-electron chi connectivity index (χ3n) is 4.22. The molecule has 3 heteroatoms. The van der Waals surface area contributed by atoms with Crippen molar-refractivity contribution in [2.24, 2.45) is 11.8 Å². The highest BCUT2D eigenvalue weighted by Crippen LogP contribution is 2.39. The number of hydrogen-bond acceptors (Lipinski definition) is 3. The highest BCUT2D eigenvalue weighted by Gasteiger charge is 2.28. The number of hydrogen-bond donors (Lipinski definition) is 2. The average Bonchev–Trinajstić information content (AvgIpc) is 2.40. The molecule has 0 saturated heterocycles. The van der Waals surface area contributed by atoms with E-state index < -0.39 is 6.10 Å². The van der Waals surface area contributed by atoms with Crippen LogP contribution in [-0.4, -0.2) is 10.1 Å². The second-order valence-electron chi connectivity index (χ2n) is 5.49. The van der Waals surface area contributed by atoms with E-state index in [1.54, 1.807) is 6.20 Å². The van der Waals surface area contributed by atoms with Crippen molar-refractivity contribution in [1.82, 2.24) is 4.98 Å². The summed E-state index contributed by atoms with van der Waals surface area (Å²) in [7, 11) is 0. The summed E-state index contributed by atoms with van der Waals surface area (Å²) in [5.41, 5.74) is 6.63. The molecule has 1 aliphatic carbocycles. The van der Waals surface area contributed by atoms with Crippen LogP contribution in [0, 0.1) is 11.8 Å². The minimum atomic E-state index is -0.443. The van der Waals surface area contributed by atoms with Crippen LogP contribution in [0.4, 0.5) is 5.82 Å². The molecule has 0 aromatic carbocycles. The quantitative estimate of drug-likeness (QED) is 0.859. The van der Waals surface area contributed by atoms with Crippen molar-refractivity contribution < 1.29 is 5.11 Å². The number of aliphatic hydroxyl groups excluding tert-OH is 1. The molecule has 1 unspecified atom stereocenters. The van der Waals surface area contributed by atoms with Crippen molar-refractivity contribution in [3.63, 3.8) is 0 Å². The summed E-state index contributed by atoms with van der Waals surface area (Å²) >= 11 is 0. The summed E-state index contributed by atoms with van der Waals surface area (Å²) in [6, 6.07) is 3.74. The van der Waals surface area contributed by atoms with Crippen LogP contribution in [0.1, 0.15) is 57.1 Å². The maximum absolute atomic E-state index is 10.4. The van der Waals surface area contributed by atoms with Gasteiger partial charge in [-0.2, -0.15) is 0 Å². The Morgan fingerprint density at radius 1 is 1.39 bits per heavy atom. The molecule has 1 aliphatic rings. The van der Waals surface area contributed by atoms with E-state index in [4.69, 9.17) is 5.73 Å². The van der Waals surface area contributed by atoms with Crippen LogP contribution < -0.4 is 5.73 Å². The fourth-order valence-electron chi connectivity index (χ4n) is 3.13. The van der Waals surface area contributed by atoms with Crippen LogP contribution in [0.3, 0.4) is 0 Å². The van der Waals surface area contributed by atoms with Crippen LogP contribution in [-0.2, 0) is 0 Å². The van der Waals surface area contributed by atoms with Gasteiger partial charge in [-0.15, -0.1) is 0 Å². The van der Waals surface area contributed by atoms with Crippen LogP contribution in [0.15, 0.2) is 18.3 Å². The number of pyridine rings is 1. The second kappa shape index (κ2) is 6.19. The molecule has 1 atom stereocenters. The summed E-state index contributed by atoms with van der Waals surface area (Å²) in [5.74, 6) is 1.69. The van der Waals surface area contributed by atoms with E-state index >= 15 is 0 Å². The van der Waals surface area contributed by atoms with Gasteiger partial charge < -0.3 is 10.8 Å². The fourth-order valence-corrected chi connectivity index (χ4v) is 3.13. The number of nitrogen functional groups attached to an aromatic ring is 1. The first-order valence-electron chi connectivity index (χ1n) is 7.10. The van der Waals surface area contributed by atoms with Gasteiger partial charge >= 0.3 is 0 Å². The van der Waals surface area contributed by atoms with E-state index in [-0.39, 0.29) is 0 Å². The van der Waals surface area contributed by atoms with Gasteiger partial charge in [0.05, 0.1) is 6.10 Å². The first kappa shape index (κ1) is 13.3. The molecule has 1 heterocycles. The topological polar surface area (TPSA) is 59.1 Å². The van der Waals surface area contributed by atoms with E-state index in [1.807, 2.05) is 12.1 Å². The molecule has 0 amide bonds. The van der Waals surface area contributed by atoms with Crippen LogP contribution in [0.5, 0.6) is 0 Å². The Balaban J connectivity index is 1.95. The molecular formula is C15H24N2O. The highest BCUT2D eigenvalue weighted by atomic mass is 16.3. The van der Waals surface area contributed by atoms with E-state index in [0.717, 1.165) is 24.3 Å². The minimum absolute atomic E-state index is 0.351. The lowest BCUT2D eigenvalue weighted by Gasteiger charge is -2.31. The minimum Gasteiger partial charge on any atom is -0.388 e. The number of aliphatic hydroxyl groups is 1. The molecule has 0 bridgehead atoms. The van der Waals surface area contributed by atoms with Crippen LogP contribution >= 0.6 is 0 Å². The van der Waals surface area contributed by atoms with Crippen molar-refractivity contribution in [3.05, 3.63) is 23.9 Å². The summed E-state index contributed by atoms with van der Waals surface area (Å²) in [6.45, 7) is 2.25. The lowest BCUT2D eigenvalue weighted by Crippen LogP contribution is -2.21. The first-order chi connectivity index (χ1) is 8.72.